The predicted octanol–water partition coefficient (Wildman–Crippen LogP) is 1.45. The molecule has 120 valence electrons. The van der Waals surface area contributed by atoms with Gasteiger partial charge in [0.1, 0.15) is 5.82 Å². The zero-order valence-electron chi connectivity index (χ0n) is 12.9. The Morgan fingerprint density at radius 3 is 2.73 bits per heavy atom. The van der Waals surface area contributed by atoms with Gasteiger partial charge < -0.3 is 15.5 Å². The van der Waals surface area contributed by atoms with E-state index in [1.54, 1.807) is 22.9 Å². The van der Waals surface area contributed by atoms with Gasteiger partial charge in [-0.15, -0.1) is 0 Å². The monoisotopic (exact) mass is 307 g/mol. The first-order valence-corrected chi connectivity index (χ1v) is 7.31. The Bertz CT molecular complexity index is 628. The van der Waals surface area contributed by atoms with Crippen LogP contribution in [0.2, 0.25) is 0 Å². The molecule has 0 unspecified atom stereocenters. The molecule has 0 fully saturated rings. The molecule has 1 atom stereocenters. The average Bonchev–Trinajstić information content (AvgIpc) is 2.75. The Kier molecular flexibility index (Phi) is 5.65. The lowest BCUT2D eigenvalue weighted by molar-refractivity contribution is 0.169. The van der Waals surface area contributed by atoms with Crippen LogP contribution in [0, 0.1) is 19.7 Å². The number of nitrogens with zero attached hydrogens (tertiary/aromatic N) is 2. The second-order valence-corrected chi connectivity index (χ2v) is 5.26. The first kappa shape index (κ1) is 16.6. The molecule has 1 aromatic carbocycles. The summed E-state index contributed by atoms with van der Waals surface area (Å²) in [5.41, 5.74) is 3.20. The van der Waals surface area contributed by atoms with Crippen molar-refractivity contribution >= 4 is 0 Å². The van der Waals surface area contributed by atoms with Crippen LogP contribution in [0.15, 0.2) is 24.3 Å². The van der Waals surface area contributed by atoms with E-state index >= 15 is 0 Å². The number of hydrogen-bond acceptors (Lipinski definition) is 4. The Labute approximate surface area is 129 Å². The van der Waals surface area contributed by atoms with Crippen LogP contribution >= 0.6 is 0 Å². The van der Waals surface area contributed by atoms with Crippen molar-refractivity contribution in [3.05, 3.63) is 52.6 Å². The highest BCUT2D eigenvalue weighted by atomic mass is 19.1. The Hall–Kier alpha value is -1.76. The lowest BCUT2D eigenvalue weighted by atomic mass is 10.1. The summed E-state index contributed by atoms with van der Waals surface area (Å²) in [5.74, 6) is -0.403. The van der Waals surface area contributed by atoms with E-state index in [9.17, 15) is 9.50 Å². The van der Waals surface area contributed by atoms with Gasteiger partial charge in [-0.1, -0.05) is 18.2 Å². The number of aryl methyl sites for hydroxylation is 1. The van der Waals surface area contributed by atoms with Crippen LogP contribution in [-0.4, -0.2) is 33.1 Å². The number of benzene rings is 1. The van der Waals surface area contributed by atoms with Gasteiger partial charge in [-0.25, -0.2) is 4.39 Å². The maximum atomic E-state index is 13.6. The lowest BCUT2D eigenvalue weighted by Crippen LogP contribution is -2.22. The van der Waals surface area contributed by atoms with Crippen LogP contribution in [0.25, 0.3) is 0 Å². The molecule has 0 amide bonds. The number of hydrogen-bond donors (Lipinski definition) is 3. The molecule has 0 saturated carbocycles. The standard InChI is InChI=1S/C16H22FN3O2/c1-11-14(12(2)20(19-11)7-8-21)9-18-10-16(22)13-5-3-4-6-15(13)17/h3-6,16,18,21-22H,7-10H2,1-2H3/t16-/m1/s1. The Balaban J connectivity index is 1.95. The van der Waals surface area contributed by atoms with E-state index in [1.165, 1.54) is 6.07 Å². The number of nitrogens with one attached hydrogen (secondary N) is 1. The van der Waals surface area contributed by atoms with Gasteiger partial charge in [-0.05, 0) is 19.9 Å². The minimum atomic E-state index is -0.894. The highest BCUT2D eigenvalue weighted by molar-refractivity contribution is 5.24. The van der Waals surface area contributed by atoms with Gasteiger partial charge in [-0.2, -0.15) is 5.10 Å². The minimum absolute atomic E-state index is 0.0425. The SMILES string of the molecule is Cc1nn(CCO)c(C)c1CNC[C@@H](O)c1ccccc1F. The Morgan fingerprint density at radius 1 is 1.32 bits per heavy atom. The molecule has 1 heterocycles. The van der Waals surface area contributed by atoms with Crippen molar-refractivity contribution in [2.24, 2.45) is 0 Å². The van der Waals surface area contributed by atoms with Gasteiger partial charge in [-0.3, -0.25) is 4.68 Å². The first-order valence-electron chi connectivity index (χ1n) is 7.31. The van der Waals surface area contributed by atoms with Gasteiger partial charge in [0.15, 0.2) is 0 Å². The highest BCUT2D eigenvalue weighted by Gasteiger charge is 2.14. The van der Waals surface area contributed by atoms with E-state index in [2.05, 4.69) is 10.4 Å². The summed E-state index contributed by atoms with van der Waals surface area (Å²) in [5, 5.41) is 26.5. The normalized spacial score (nSPS) is 12.6. The van der Waals surface area contributed by atoms with Gasteiger partial charge in [0, 0.05) is 29.9 Å². The smallest absolute Gasteiger partial charge is 0.129 e. The summed E-state index contributed by atoms with van der Waals surface area (Å²) in [6.45, 7) is 5.15. The van der Waals surface area contributed by atoms with E-state index in [0.717, 1.165) is 17.0 Å². The quantitative estimate of drug-likeness (QED) is 0.724. The van der Waals surface area contributed by atoms with Crippen molar-refractivity contribution in [1.82, 2.24) is 15.1 Å². The zero-order chi connectivity index (χ0) is 16.1. The molecule has 0 saturated heterocycles. The third-order valence-electron chi connectivity index (χ3n) is 3.75. The van der Waals surface area contributed by atoms with Crippen LogP contribution in [-0.2, 0) is 13.1 Å². The average molecular weight is 307 g/mol. The molecule has 0 spiro atoms. The number of aromatic nitrogens is 2. The largest absolute Gasteiger partial charge is 0.394 e. The topological polar surface area (TPSA) is 70.3 Å². The summed E-state index contributed by atoms with van der Waals surface area (Å²) in [4.78, 5) is 0. The molecule has 0 aliphatic carbocycles. The van der Waals surface area contributed by atoms with Crippen molar-refractivity contribution in [3.8, 4) is 0 Å². The molecule has 0 aliphatic rings. The van der Waals surface area contributed by atoms with Crippen molar-refractivity contribution in [2.45, 2.75) is 33.0 Å². The third kappa shape index (κ3) is 3.71. The second kappa shape index (κ2) is 7.49. The van der Waals surface area contributed by atoms with E-state index in [4.69, 9.17) is 5.11 Å². The van der Waals surface area contributed by atoms with Crippen LogP contribution in [0.3, 0.4) is 0 Å². The van der Waals surface area contributed by atoms with Gasteiger partial charge in [0.25, 0.3) is 0 Å². The maximum absolute atomic E-state index is 13.6. The molecule has 5 nitrogen and oxygen atoms in total. The number of rotatable bonds is 7. The summed E-state index contributed by atoms with van der Waals surface area (Å²) in [6.07, 6.45) is -0.894. The predicted molar refractivity (Wildman–Crippen MR) is 81.9 cm³/mol. The summed E-state index contributed by atoms with van der Waals surface area (Å²) in [6, 6.07) is 6.22. The zero-order valence-corrected chi connectivity index (χ0v) is 12.9. The molecule has 1 aromatic heterocycles. The molecule has 0 radical (unpaired) electrons. The van der Waals surface area contributed by atoms with Crippen LogP contribution in [0.5, 0.6) is 0 Å². The number of aliphatic hydroxyl groups excluding tert-OH is 2. The Morgan fingerprint density at radius 2 is 2.05 bits per heavy atom. The first-order chi connectivity index (χ1) is 10.5. The van der Waals surface area contributed by atoms with Crippen LogP contribution in [0.4, 0.5) is 4.39 Å². The number of halogens is 1. The van der Waals surface area contributed by atoms with Crippen LogP contribution in [0.1, 0.15) is 28.6 Å². The van der Waals surface area contributed by atoms with E-state index in [0.29, 0.717) is 18.7 Å². The fraction of sp³-hybridized carbons (Fsp3) is 0.438. The van der Waals surface area contributed by atoms with Crippen LogP contribution < -0.4 is 5.32 Å². The van der Waals surface area contributed by atoms with Crippen molar-refractivity contribution in [2.75, 3.05) is 13.2 Å². The fourth-order valence-electron chi connectivity index (χ4n) is 2.49. The molecular formula is C16H22FN3O2. The molecule has 2 aromatic rings. The fourth-order valence-corrected chi connectivity index (χ4v) is 2.49. The molecule has 3 N–H and O–H groups in total. The molecule has 0 aliphatic heterocycles. The van der Waals surface area contributed by atoms with Gasteiger partial charge in [0.05, 0.1) is 24.9 Å². The van der Waals surface area contributed by atoms with E-state index < -0.39 is 11.9 Å². The molecule has 6 heteroatoms. The summed E-state index contributed by atoms with van der Waals surface area (Å²) >= 11 is 0. The number of aliphatic hydroxyl groups is 2. The van der Waals surface area contributed by atoms with E-state index in [1.807, 2.05) is 13.8 Å². The molecule has 22 heavy (non-hydrogen) atoms. The minimum Gasteiger partial charge on any atom is -0.394 e. The molecule has 0 bridgehead atoms. The van der Waals surface area contributed by atoms with Gasteiger partial charge >= 0.3 is 0 Å². The second-order valence-electron chi connectivity index (χ2n) is 5.26. The maximum Gasteiger partial charge on any atom is 0.129 e. The summed E-state index contributed by atoms with van der Waals surface area (Å²) in [7, 11) is 0. The summed E-state index contributed by atoms with van der Waals surface area (Å²) < 4.78 is 15.3. The van der Waals surface area contributed by atoms with E-state index in [-0.39, 0.29) is 13.2 Å². The molecular weight excluding hydrogens is 285 g/mol. The molecule has 2 rings (SSSR count). The van der Waals surface area contributed by atoms with Crippen molar-refractivity contribution in [1.29, 1.82) is 0 Å². The van der Waals surface area contributed by atoms with Crippen molar-refractivity contribution < 1.29 is 14.6 Å². The third-order valence-corrected chi connectivity index (χ3v) is 3.75. The van der Waals surface area contributed by atoms with Crippen molar-refractivity contribution in [3.63, 3.8) is 0 Å². The highest BCUT2D eigenvalue weighted by Crippen LogP contribution is 2.17. The lowest BCUT2D eigenvalue weighted by Gasteiger charge is -2.13. The van der Waals surface area contributed by atoms with Gasteiger partial charge in [0.2, 0.25) is 0 Å².